The third-order valence-corrected chi connectivity index (χ3v) is 5.22. The van der Waals surface area contributed by atoms with Gasteiger partial charge < -0.3 is 19.3 Å². The van der Waals surface area contributed by atoms with Crippen molar-refractivity contribution >= 4 is 59.9 Å². The van der Waals surface area contributed by atoms with E-state index in [2.05, 4.69) is 58.3 Å². The minimum Gasteiger partial charge on any atom is -0.506 e. The highest BCUT2D eigenvalue weighted by atomic mass is 79.9. The van der Waals surface area contributed by atoms with Crippen LogP contribution < -0.4 is 19.6 Å². The summed E-state index contributed by atoms with van der Waals surface area (Å²) in [6.45, 7) is -0.232. The average Bonchev–Trinajstić information content (AvgIpc) is 2.65. The van der Waals surface area contributed by atoms with Gasteiger partial charge in [0.05, 0.1) is 29.4 Å². The normalized spacial score (nSPS) is 10.7. The Hall–Kier alpha value is -1.78. The van der Waals surface area contributed by atoms with Crippen LogP contribution in [-0.2, 0) is 4.79 Å². The number of benzene rings is 2. The second kappa shape index (κ2) is 9.95. The Morgan fingerprint density at radius 1 is 1.19 bits per heavy atom. The maximum atomic E-state index is 11.9. The Kier molecular flexibility index (Phi) is 7.93. The number of hydrogen-bond acceptors (Lipinski definition) is 6. The molecular formula is C17H15Br3N2O5. The number of carbonyl (C=O) groups is 1. The summed E-state index contributed by atoms with van der Waals surface area (Å²) in [5.41, 5.74) is 2.71. The molecule has 0 unspecified atom stereocenters. The number of nitrogens with one attached hydrogen (secondary N) is 1. The number of ether oxygens (including phenoxy) is 3. The molecule has 0 heterocycles. The highest BCUT2D eigenvalue weighted by Crippen LogP contribution is 2.41. The van der Waals surface area contributed by atoms with Gasteiger partial charge in [-0.1, -0.05) is 0 Å². The molecule has 0 atom stereocenters. The summed E-state index contributed by atoms with van der Waals surface area (Å²) in [5.74, 6) is 1.09. The van der Waals surface area contributed by atoms with Crippen LogP contribution in [0.2, 0.25) is 0 Å². The molecule has 0 aromatic heterocycles. The summed E-state index contributed by atoms with van der Waals surface area (Å²) in [7, 11) is 3.05. The second-order valence-corrected chi connectivity index (χ2v) is 7.52. The van der Waals surface area contributed by atoms with E-state index in [0.29, 0.717) is 36.2 Å². The van der Waals surface area contributed by atoms with Gasteiger partial charge in [0.25, 0.3) is 5.91 Å². The number of halogens is 3. The van der Waals surface area contributed by atoms with Gasteiger partial charge in [-0.3, -0.25) is 4.79 Å². The highest BCUT2D eigenvalue weighted by molar-refractivity contribution is 9.11. The lowest BCUT2D eigenvalue weighted by molar-refractivity contribution is -0.123. The maximum absolute atomic E-state index is 11.9. The molecule has 2 N–H and O–H groups in total. The Labute approximate surface area is 181 Å². The molecule has 0 saturated heterocycles. The van der Waals surface area contributed by atoms with Gasteiger partial charge in [0.2, 0.25) is 0 Å². The van der Waals surface area contributed by atoms with Crippen molar-refractivity contribution in [2.24, 2.45) is 5.10 Å². The molecule has 1 amide bonds. The van der Waals surface area contributed by atoms with E-state index in [9.17, 15) is 9.90 Å². The lowest BCUT2D eigenvalue weighted by atomic mass is 10.2. The number of phenolic OH excluding ortho intramolecular Hbond substituents is 1. The summed E-state index contributed by atoms with van der Waals surface area (Å²) >= 11 is 9.92. The van der Waals surface area contributed by atoms with E-state index < -0.39 is 5.91 Å². The Balaban J connectivity index is 1.96. The predicted octanol–water partition coefficient (Wildman–Crippen LogP) is 4.23. The zero-order valence-electron chi connectivity index (χ0n) is 14.3. The number of hydrogen-bond donors (Lipinski definition) is 2. The zero-order valence-corrected chi connectivity index (χ0v) is 19.0. The van der Waals surface area contributed by atoms with Crippen LogP contribution in [0.25, 0.3) is 0 Å². The molecular weight excluding hydrogens is 552 g/mol. The first-order valence-corrected chi connectivity index (χ1v) is 9.78. The quantitative estimate of drug-likeness (QED) is 0.387. The van der Waals surface area contributed by atoms with Crippen molar-refractivity contribution in [2.45, 2.75) is 0 Å². The molecule has 0 spiro atoms. The molecule has 2 rings (SSSR count). The van der Waals surface area contributed by atoms with Crippen molar-refractivity contribution in [3.63, 3.8) is 0 Å². The van der Waals surface area contributed by atoms with Crippen molar-refractivity contribution in [3.8, 4) is 23.0 Å². The molecule has 27 heavy (non-hydrogen) atoms. The van der Waals surface area contributed by atoms with E-state index in [1.807, 2.05) is 0 Å². The van der Waals surface area contributed by atoms with E-state index in [4.69, 9.17) is 14.2 Å². The summed E-state index contributed by atoms with van der Waals surface area (Å²) in [4.78, 5) is 11.9. The Morgan fingerprint density at radius 2 is 1.93 bits per heavy atom. The van der Waals surface area contributed by atoms with Gasteiger partial charge in [-0.25, -0.2) is 5.43 Å². The molecule has 144 valence electrons. The first-order valence-electron chi connectivity index (χ1n) is 7.40. The second-order valence-electron chi connectivity index (χ2n) is 5.02. The molecule has 7 nitrogen and oxygen atoms in total. The van der Waals surface area contributed by atoms with E-state index in [0.717, 1.165) is 0 Å². The van der Waals surface area contributed by atoms with E-state index in [1.54, 1.807) is 31.4 Å². The summed E-state index contributed by atoms with van der Waals surface area (Å²) in [6, 6.07) is 6.75. The predicted molar refractivity (Wildman–Crippen MR) is 112 cm³/mol. The fourth-order valence-corrected chi connectivity index (χ4v) is 3.92. The molecule has 0 aliphatic carbocycles. The number of hydrazone groups is 1. The van der Waals surface area contributed by atoms with Crippen LogP contribution in [0, 0.1) is 0 Å². The van der Waals surface area contributed by atoms with Gasteiger partial charge in [-0.15, -0.1) is 0 Å². The summed E-state index contributed by atoms with van der Waals surface area (Å²) < 4.78 is 17.3. The molecule has 0 aliphatic heterocycles. The summed E-state index contributed by atoms with van der Waals surface area (Å²) in [6.07, 6.45) is 1.31. The Morgan fingerprint density at radius 3 is 2.56 bits per heavy atom. The third kappa shape index (κ3) is 5.60. The maximum Gasteiger partial charge on any atom is 0.277 e. The minimum atomic E-state index is -0.458. The van der Waals surface area contributed by atoms with Crippen LogP contribution in [0.5, 0.6) is 23.0 Å². The Bertz CT molecular complexity index is 874. The number of carbonyl (C=O) groups excluding carboxylic acids is 1. The van der Waals surface area contributed by atoms with Crippen molar-refractivity contribution in [1.82, 2.24) is 5.43 Å². The van der Waals surface area contributed by atoms with E-state index in [1.165, 1.54) is 13.3 Å². The van der Waals surface area contributed by atoms with Gasteiger partial charge in [0, 0.05) is 5.56 Å². The smallest absolute Gasteiger partial charge is 0.277 e. The largest absolute Gasteiger partial charge is 0.506 e. The highest BCUT2D eigenvalue weighted by Gasteiger charge is 2.14. The van der Waals surface area contributed by atoms with Crippen molar-refractivity contribution in [3.05, 3.63) is 43.2 Å². The van der Waals surface area contributed by atoms with Crippen molar-refractivity contribution in [1.29, 1.82) is 0 Å². The van der Waals surface area contributed by atoms with E-state index >= 15 is 0 Å². The van der Waals surface area contributed by atoms with Crippen LogP contribution in [0.1, 0.15) is 5.56 Å². The van der Waals surface area contributed by atoms with Gasteiger partial charge in [0.15, 0.2) is 12.4 Å². The fourth-order valence-electron chi connectivity index (χ4n) is 1.97. The lowest BCUT2D eigenvalue weighted by Gasteiger charge is -2.10. The van der Waals surface area contributed by atoms with Crippen molar-refractivity contribution in [2.75, 3.05) is 20.8 Å². The van der Waals surface area contributed by atoms with Crippen LogP contribution in [-0.4, -0.2) is 38.1 Å². The number of rotatable bonds is 7. The topological polar surface area (TPSA) is 89.4 Å². The van der Waals surface area contributed by atoms with Crippen LogP contribution in [0.15, 0.2) is 42.8 Å². The molecule has 0 saturated carbocycles. The molecule has 10 heteroatoms. The zero-order chi connectivity index (χ0) is 20.0. The first kappa shape index (κ1) is 21.5. The molecule has 2 aromatic rings. The van der Waals surface area contributed by atoms with Crippen LogP contribution in [0.3, 0.4) is 0 Å². The molecule has 0 bridgehead atoms. The van der Waals surface area contributed by atoms with Gasteiger partial charge in [-0.05, 0) is 72.1 Å². The monoisotopic (exact) mass is 564 g/mol. The van der Waals surface area contributed by atoms with Crippen molar-refractivity contribution < 1.29 is 24.1 Å². The van der Waals surface area contributed by atoms with Crippen LogP contribution >= 0.6 is 47.8 Å². The van der Waals surface area contributed by atoms with Crippen LogP contribution in [0.4, 0.5) is 0 Å². The number of methoxy groups -OCH3 is 2. The fraction of sp³-hybridized carbons (Fsp3) is 0.176. The summed E-state index contributed by atoms with van der Waals surface area (Å²) in [5, 5.41) is 14.0. The average molecular weight is 567 g/mol. The number of amides is 1. The van der Waals surface area contributed by atoms with Gasteiger partial charge >= 0.3 is 0 Å². The SMILES string of the molecule is COc1ccc(OCC(=O)N/N=C/c2cc(Br)c(OC)c(Br)c2O)c(Br)c1. The van der Waals surface area contributed by atoms with Gasteiger partial charge in [0.1, 0.15) is 21.7 Å². The first-order chi connectivity index (χ1) is 12.9. The molecule has 0 fully saturated rings. The number of nitrogens with zero attached hydrogens (tertiary/aromatic N) is 1. The number of aromatic hydroxyl groups is 1. The molecule has 2 aromatic carbocycles. The molecule has 0 aliphatic rings. The lowest BCUT2D eigenvalue weighted by Crippen LogP contribution is -2.24. The van der Waals surface area contributed by atoms with E-state index in [-0.39, 0.29) is 12.4 Å². The standard InChI is InChI=1S/C17H15Br3N2O5/c1-25-10-3-4-13(11(18)6-10)27-8-14(23)22-21-7-9-5-12(19)17(26-2)15(20)16(9)24/h3-7,24H,8H2,1-2H3,(H,22,23)/b21-7+. The minimum absolute atomic E-state index is 0.0635. The number of phenols is 1. The van der Waals surface area contributed by atoms with Gasteiger partial charge in [-0.2, -0.15) is 5.10 Å². The third-order valence-electron chi connectivity index (χ3n) is 3.27. The molecule has 0 radical (unpaired) electrons.